The molecule has 0 aliphatic carbocycles. The van der Waals surface area contributed by atoms with Gasteiger partial charge in [0.1, 0.15) is 12.4 Å². The van der Waals surface area contributed by atoms with Gasteiger partial charge in [-0.2, -0.15) is 5.26 Å². The van der Waals surface area contributed by atoms with Crippen LogP contribution in [0.25, 0.3) is 0 Å². The number of hydrogen-bond donors (Lipinski definition) is 1. The first-order valence-electron chi connectivity index (χ1n) is 8.15. The number of benzene rings is 2. The number of ether oxygens (including phenoxy) is 1. The van der Waals surface area contributed by atoms with E-state index in [-0.39, 0.29) is 5.04 Å². The van der Waals surface area contributed by atoms with E-state index in [4.69, 9.17) is 10.00 Å². The monoisotopic (exact) mass is 339 g/mol. The van der Waals surface area contributed by atoms with Crippen LogP contribution in [-0.4, -0.2) is 13.1 Å². The van der Waals surface area contributed by atoms with Gasteiger partial charge in [-0.25, -0.2) is 0 Å². The number of rotatable bonds is 6. The molecule has 0 bridgehead atoms. The summed E-state index contributed by atoms with van der Waals surface area (Å²) in [4.78, 5) is 10.5. The van der Waals surface area contributed by atoms with Crippen molar-refractivity contribution in [3.8, 4) is 11.8 Å². The molecule has 2 aromatic carbocycles. The Morgan fingerprint density at radius 2 is 1.83 bits per heavy atom. The highest BCUT2D eigenvalue weighted by atomic mass is 28.4. The Bertz CT molecular complexity index is 742. The molecule has 0 atom stereocenters. The standard InChI is InChI=1S/C20H25NO2Si/c1-20(2,24(3,4)22)13-16-8-7-11-19(12-16)23-15-18-10-6-5-9-17(18)14-21/h5-12,22H,13,15H2,1-4H3. The molecule has 0 saturated carbocycles. The minimum absolute atomic E-state index is 0.112. The second-order valence-corrected chi connectivity index (χ2v) is 11.8. The van der Waals surface area contributed by atoms with E-state index in [9.17, 15) is 4.80 Å². The topological polar surface area (TPSA) is 53.2 Å². The predicted molar refractivity (Wildman–Crippen MR) is 99.4 cm³/mol. The van der Waals surface area contributed by atoms with Crippen LogP contribution in [0, 0.1) is 11.3 Å². The van der Waals surface area contributed by atoms with Gasteiger partial charge in [0.25, 0.3) is 0 Å². The average Bonchev–Trinajstić information content (AvgIpc) is 2.52. The molecule has 0 saturated heterocycles. The molecular weight excluding hydrogens is 314 g/mol. The highest BCUT2D eigenvalue weighted by molar-refractivity contribution is 6.72. The van der Waals surface area contributed by atoms with Crippen molar-refractivity contribution in [2.45, 2.75) is 45.0 Å². The third kappa shape index (κ3) is 4.47. The van der Waals surface area contributed by atoms with Crippen LogP contribution in [0.2, 0.25) is 18.1 Å². The zero-order valence-electron chi connectivity index (χ0n) is 14.8. The van der Waals surface area contributed by atoms with Crippen LogP contribution in [0.5, 0.6) is 5.75 Å². The molecule has 0 spiro atoms. The highest BCUT2D eigenvalue weighted by Gasteiger charge is 2.37. The molecule has 0 unspecified atom stereocenters. The van der Waals surface area contributed by atoms with Gasteiger partial charge in [-0.05, 0) is 48.3 Å². The Balaban J connectivity index is 2.10. The van der Waals surface area contributed by atoms with Gasteiger partial charge < -0.3 is 9.53 Å². The van der Waals surface area contributed by atoms with Crippen molar-refractivity contribution in [2.24, 2.45) is 0 Å². The van der Waals surface area contributed by atoms with Crippen LogP contribution in [0.15, 0.2) is 48.5 Å². The molecule has 0 heterocycles. The first-order valence-corrected chi connectivity index (χ1v) is 11.1. The van der Waals surface area contributed by atoms with Crippen molar-refractivity contribution in [3.05, 3.63) is 65.2 Å². The molecule has 24 heavy (non-hydrogen) atoms. The van der Waals surface area contributed by atoms with Gasteiger partial charge in [-0.15, -0.1) is 0 Å². The van der Waals surface area contributed by atoms with Gasteiger partial charge in [0, 0.05) is 5.56 Å². The van der Waals surface area contributed by atoms with Crippen molar-refractivity contribution >= 4 is 8.32 Å². The molecule has 0 aromatic heterocycles. The lowest BCUT2D eigenvalue weighted by molar-refractivity contribution is 0.305. The van der Waals surface area contributed by atoms with Gasteiger partial charge >= 0.3 is 0 Å². The van der Waals surface area contributed by atoms with Gasteiger partial charge in [0.2, 0.25) is 0 Å². The van der Waals surface area contributed by atoms with E-state index < -0.39 is 8.32 Å². The molecule has 0 radical (unpaired) electrons. The van der Waals surface area contributed by atoms with Gasteiger partial charge in [-0.1, -0.05) is 44.2 Å². The molecule has 4 heteroatoms. The summed E-state index contributed by atoms with van der Waals surface area (Å²) in [5, 5.41) is 9.03. The van der Waals surface area contributed by atoms with Crippen molar-refractivity contribution in [1.82, 2.24) is 0 Å². The lowest BCUT2D eigenvalue weighted by Gasteiger charge is -2.35. The molecule has 0 aliphatic rings. The first kappa shape index (κ1) is 18.2. The van der Waals surface area contributed by atoms with Crippen molar-refractivity contribution in [2.75, 3.05) is 0 Å². The summed E-state index contributed by atoms with van der Waals surface area (Å²) in [7, 11) is -2.25. The molecule has 3 nitrogen and oxygen atoms in total. The summed E-state index contributed by atoms with van der Waals surface area (Å²) in [5.41, 5.74) is 2.68. The Morgan fingerprint density at radius 3 is 2.50 bits per heavy atom. The minimum Gasteiger partial charge on any atom is -0.489 e. The van der Waals surface area contributed by atoms with E-state index in [1.807, 2.05) is 49.5 Å². The maximum Gasteiger partial charge on any atom is 0.188 e. The highest BCUT2D eigenvalue weighted by Crippen LogP contribution is 2.39. The summed E-state index contributed by atoms with van der Waals surface area (Å²) in [6.45, 7) is 8.57. The second-order valence-electron chi connectivity index (χ2n) is 7.32. The van der Waals surface area contributed by atoms with E-state index in [1.54, 1.807) is 6.07 Å². The Hall–Kier alpha value is -2.09. The summed E-state index contributed by atoms with van der Waals surface area (Å²) >= 11 is 0. The van der Waals surface area contributed by atoms with Gasteiger partial charge in [-0.3, -0.25) is 0 Å². The zero-order chi connectivity index (χ0) is 17.8. The molecule has 0 fully saturated rings. The third-order valence-corrected chi connectivity index (χ3v) is 8.22. The van der Waals surface area contributed by atoms with E-state index >= 15 is 0 Å². The lowest BCUT2D eigenvalue weighted by atomic mass is 10.0. The average molecular weight is 340 g/mol. The smallest absolute Gasteiger partial charge is 0.188 e. The normalized spacial score (nSPS) is 11.8. The summed E-state index contributed by atoms with van der Waals surface area (Å²) in [6, 6.07) is 17.6. The fraction of sp³-hybridized carbons (Fsp3) is 0.350. The quantitative estimate of drug-likeness (QED) is 0.779. The molecule has 1 N–H and O–H groups in total. The van der Waals surface area contributed by atoms with Crippen LogP contribution in [0.1, 0.15) is 30.5 Å². The van der Waals surface area contributed by atoms with E-state index in [2.05, 4.69) is 26.0 Å². The summed E-state index contributed by atoms with van der Waals surface area (Å²) in [5.74, 6) is 0.786. The van der Waals surface area contributed by atoms with Gasteiger partial charge in [0.05, 0.1) is 11.6 Å². The number of nitrogens with zero attached hydrogens (tertiary/aromatic N) is 1. The fourth-order valence-electron chi connectivity index (χ4n) is 2.39. The fourth-order valence-corrected chi connectivity index (χ4v) is 3.02. The Labute approximate surface area is 145 Å². The SMILES string of the molecule is CC(C)(Cc1cccc(OCc2ccccc2C#N)c1)[Si](C)(C)O. The van der Waals surface area contributed by atoms with Crippen LogP contribution in [-0.2, 0) is 13.0 Å². The molecule has 0 amide bonds. The maximum absolute atomic E-state index is 10.5. The van der Waals surface area contributed by atoms with Crippen LogP contribution < -0.4 is 4.74 Å². The summed E-state index contributed by atoms with van der Waals surface area (Å²) in [6.07, 6.45) is 0.814. The van der Waals surface area contributed by atoms with Crippen molar-refractivity contribution in [1.29, 1.82) is 5.26 Å². The molecule has 2 rings (SSSR count). The van der Waals surface area contributed by atoms with Crippen LogP contribution in [0.3, 0.4) is 0 Å². The van der Waals surface area contributed by atoms with E-state index in [0.29, 0.717) is 12.2 Å². The lowest BCUT2D eigenvalue weighted by Crippen LogP contribution is -2.40. The van der Waals surface area contributed by atoms with E-state index in [0.717, 1.165) is 23.3 Å². The van der Waals surface area contributed by atoms with Crippen LogP contribution >= 0.6 is 0 Å². The van der Waals surface area contributed by atoms with Crippen molar-refractivity contribution in [3.63, 3.8) is 0 Å². The number of nitriles is 1. The second kappa shape index (κ2) is 7.21. The molecule has 0 aliphatic heterocycles. The maximum atomic E-state index is 10.5. The summed E-state index contributed by atoms with van der Waals surface area (Å²) < 4.78 is 5.87. The Morgan fingerprint density at radius 1 is 1.12 bits per heavy atom. The molecule has 2 aromatic rings. The Kier molecular flexibility index (Phi) is 5.48. The molecule has 126 valence electrons. The predicted octanol–water partition coefficient (Wildman–Crippen LogP) is 4.66. The first-order chi connectivity index (χ1) is 11.2. The molecular formula is C20H25NO2Si. The van der Waals surface area contributed by atoms with E-state index in [1.165, 1.54) is 0 Å². The largest absolute Gasteiger partial charge is 0.489 e. The van der Waals surface area contributed by atoms with Crippen molar-refractivity contribution < 1.29 is 9.53 Å². The third-order valence-electron chi connectivity index (χ3n) is 4.73. The number of hydrogen-bond acceptors (Lipinski definition) is 3. The van der Waals surface area contributed by atoms with Crippen LogP contribution in [0.4, 0.5) is 0 Å². The van der Waals surface area contributed by atoms with Gasteiger partial charge in [0.15, 0.2) is 8.32 Å². The zero-order valence-corrected chi connectivity index (χ0v) is 15.8. The minimum atomic E-state index is -2.25.